The highest BCUT2D eigenvalue weighted by Crippen LogP contribution is 2.41. The Hall–Kier alpha value is -1.01. The summed E-state index contributed by atoms with van der Waals surface area (Å²) in [5, 5.41) is 17.2. The summed E-state index contributed by atoms with van der Waals surface area (Å²) >= 11 is 1.75. The summed E-state index contributed by atoms with van der Waals surface area (Å²) in [7, 11) is 0. The van der Waals surface area contributed by atoms with Gasteiger partial charge in [-0.05, 0) is 31.4 Å². The minimum atomic E-state index is -0.764. The lowest BCUT2D eigenvalue weighted by Gasteiger charge is -2.44. The highest BCUT2D eigenvalue weighted by molar-refractivity contribution is 8.00. The summed E-state index contributed by atoms with van der Waals surface area (Å²) in [6.07, 6.45) is 4.00. The molecule has 0 saturated heterocycles. The largest absolute Gasteiger partial charge is 0.387 e. The van der Waals surface area contributed by atoms with Crippen LogP contribution < -0.4 is 5.32 Å². The number of carbonyl (C=O) groups is 1. The molecule has 2 N–H and O–H groups in total. The Labute approximate surface area is 122 Å². The Morgan fingerprint density at radius 1 is 1.60 bits per heavy atom. The Morgan fingerprint density at radius 3 is 3.00 bits per heavy atom. The zero-order chi connectivity index (χ0) is 14.2. The van der Waals surface area contributed by atoms with Gasteiger partial charge in [-0.2, -0.15) is 11.8 Å². The highest BCUT2D eigenvalue weighted by Gasteiger charge is 2.45. The average Bonchev–Trinajstić information content (AvgIpc) is 3.18. The molecule has 5 nitrogen and oxygen atoms in total. The van der Waals surface area contributed by atoms with Gasteiger partial charge in [0.25, 0.3) is 5.91 Å². The number of hydrogen-bond acceptors (Lipinski definition) is 5. The van der Waals surface area contributed by atoms with Gasteiger partial charge in [0.2, 0.25) is 0 Å². The van der Waals surface area contributed by atoms with E-state index < -0.39 is 5.60 Å². The van der Waals surface area contributed by atoms with E-state index in [2.05, 4.69) is 17.4 Å². The van der Waals surface area contributed by atoms with Crippen molar-refractivity contribution in [2.45, 2.75) is 49.4 Å². The van der Waals surface area contributed by atoms with Crippen molar-refractivity contribution in [1.29, 1.82) is 0 Å². The molecule has 2 aliphatic rings. The summed E-state index contributed by atoms with van der Waals surface area (Å²) in [6.45, 7) is 2.37. The molecule has 2 fully saturated rings. The molecule has 0 unspecified atom stereocenters. The molecule has 1 aromatic heterocycles. The SMILES string of the molecule is CCS[C@H]1CC[C@@]1(O)CNC(=O)c1cc(C2CC2)on1. The number of carbonyl (C=O) groups excluding carboxylic acids is 1. The van der Waals surface area contributed by atoms with Crippen molar-refractivity contribution < 1.29 is 14.4 Å². The van der Waals surface area contributed by atoms with Gasteiger partial charge >= 0.3 is 0 Å². The number of amides is 1. The van der Waals surface area contributed by atoms with E-state index in [1.807, 2.05) is 0 Å². The summed E-state index contributed by atoms with van der Waals surface area (Å²) in [6, 6.07) is 1.72. The molecular formula is C14H20N2O3S. The Balaban J connectivity index is 1.53. The molecule has 1 aromatic rings. The monoisotopic (exact) mass is 296 g/mol. The topological polar surface area (TPSA) is 75.4 Å². The molecule has 0 aliphatic heterocycles. The Bertz CT molecular complexity index is 500. The molecule has 6 heteroatoms. The molecular weight excluding hydrogens is 276 g/mol. The molecule has 1 heterocycles. The van der Waals surface area contributed by atoms with Crippen LogP contribution in [0, 0.1) is 0 Å². The maximum atomic E-state index is 12.0. The number of aliphatic hydroxyl groups is 1. The van der Waals surface area contributed by atoms with Gasteiger partial charge in [-0.1, -0.05) is 12.1 Å². The molecule has 2 saturated carbocycles. The van der Waals surface area contributed by atoms with Crippen molar-refractivity contribution in [3.63, 3.8) is 0 Å². The smallest absolute Gasteiger partial charge is 0.273 e. The van der Waals surface area contributed by atoms with Gasteiger partial charge in [0.1, 0.15) is 5.76 Å². The second-order valence-electron chi connectivity index (χ2n) is 5.66. The van der Waals surface area contributed by atoms with E-state index in [1.54, 1.807) is 17.8 Å². The third-order valence-corrected chi connectivity index (χ3v) is 5.51. The number of rotatable bonds is 6. The Kier molecular flexibility index (Phi) is 3.77. The quantitative estimate of drug-likeness (QED) is 0.839. The van der Waals surface area contributed by atoms with Crippen molar-refractivity contribution in [3.8, 4) is 0 Å². The van der Waals surface area contributed by atoms with Crippen molar-refractivity contribution in [2.24, 2.45) is 0 Å². The fourth-order valence-corrected chi connectivity index (χ4v) is 3.72. The van der Waals surface area contributed by atoms with Crippen LogP contribution >= 0.6 is 11.8 Å². The van der Waals surface area contributed by atoms with E-state index in [9.17, 15) is 9.90 Å². The lowest BCUT2D eigenvalue weighted by atomic mass is 9.79. The molecule has 110 valence electrons. The maximum absolute atomic E-state index is 12.0. The first-order valence-corrected chi connectivity index (χ1v) is 8.26. The zero-order valence-electron chi connectivity index (χ0n) is 11.6. The minimum absolute atomic E-state index is 0.229. The molecule has 0 aromatic carbocycles. The van der Waals surface area contributed by atoms with Crippen LogP contribution in [0.5, 0.6) is 0 Å². The molecule has 0 bridgehead atoms. The lowest BCUT2D eigenvalue weighted by Crippen LogP contribution is -2.57. The summed E-state index contributed by atoms with van der Waals surface area (Å²) in [5.41, 5.74) is -0.450. The fourth-order valence-electron chi connectivity index (χ4n) is 2.52. The average molecular weight is 296 g/mol. The van der Waals surface area contributed by atoms with Crippen molar-refractivity contribution in [2.75, 3.05) is 12.3 Å². The zero-order valence-corrected chi connectivity index (χ0v) is 12.4. The van der Waals surface area contributed by atoms with E-state index in [0.29, 0.717) is 11.6 Å². The van der Waals surface area contributed by atoms with Crippen LogP contribution in [-0.2, 0) is 0 Å². The number of aromatic nitrogens is 1. The van der Waals surface area contributed by atoms with E-state index in [1.165, 1.54) is 0 Å². The first-order valence-electron chi connectivity index (χ1n) is 7.21. The van der Waals surface area contributed by atoms with E-state index in [-0.39, 0.29) is 17.7 Å². The van der Waals surface area contributed by atoms with Crippen molar-refractivity contribution >= 4 is 17.7 Å². The Morgan fingerprint density at radius 2 is 2.40 bits per heavy atom. The second kappa shape index (κ2) is 5.41. The van der Waals surface area contributed by atoms with Crippen LogP contribution in [0.3, 0.4) is 0 Å². The molecule has 2 aliphatic carbocycles. The molecule has 20 heavy (non-hydrogen) atoms. The molecule has 0 spiro atoms. The van der Waals surface area contributed by atoms with Gasteiger partial charge in [0, 0.05) is 23.8 Å². The van der Waals surface area contributed by atoms with Crippen LogP contribution in [0.4, 0.5) is 0 Å². The molecule has 0 radical (unpaired) electrons. The number of nitrogens with zero attached hydrogens (tertiary/aromatic N) is 1. The first-order chi connectivity index (χ1) is 9.62. The van der Waals surface area contributed by atoms with E-state index in [0.717, 1.165) is 37.2 Å². The molecule has 2 atom stereocenters. The summed E-state index contributed by atoms with van der Waals surface area (Å²) in [4.78, 5) is 12.0. The maximum Gasteiger partial charge on any atom is 0.273 e. The van der Waals surface area contributed by atoms with Crippen LogP contribution in [0.1, 0.15) is 54.8 Å². The summed E-state index contributed by atoms with van der Waals surface area (Å²) in [5.74, 6) is 1.97. The lowest BCUT2D eigenvalue weighted by molar-refractivity contribution is -0.0222. The van der Waals surface area contributed by atoms with Crippen LogP contribution in [0.2, 0.25) is 0 Å². The summed E-state index contributed by atoms with van der Waals surface area (Å²) < 4.78 is 5.16. The van der Waals surface area contributed by atoms with Crippen LogP contribution in [0.25, 0.3) is 0 Å². The first kappa shape index (κ1) is 13.9. The van der Waals surface area contributed by atoms with Gasteiger partial charge in [-0.3, -0.25) is 4.79 Å². The van der Waals surface area contributed by atoms with Crippen LogP contribution in [0.15, 0.2) is 10.6 Å². The normalized spacial score (nSPS) is 29.0. The standard InChI is InChI=1S/C14H20N2O3S/c1-2-20-12-5-6-14(12,18)8-15-13(17)10-7-11(19-16-10)9-3-4-9/h7,9,12,18H,2-6,8H2,1H3,(H,15,17)/t12-,14+/m0/s1. The third-order valence-electron chi connectivity index (χ3n) is 4.10. The van der Waals surface area contributed by atoms with Gasteiger partial charge in [0.15, 0.2) is 5.69 Å². The second-order valence-corrected chi connectivity index (χ2v) is 7.14. The molecule has 1 amide bonds. The minimum Gasteiger partial charge on any atom is -0.387 e. The van der Waals surface area contributed by atoms with Gasteiger partial charge in [-0.25, -0.2) is 0 Å². The predicted molar refractivity (Wildman–Crippen MR) is 76.9 cm³/mol. The number of thioether (sulfide) groups is 1. The van der Waals surface area contributed by atoms with Gasteiger partial charge in [-0.15, -0.1) is 0 Å². The van der Waals surface area contributed by atoms with Gasteiger partial charge in [0.05, 0.1) is 5.60 Å². The predicted octanol–water partition coefficient (Wildman–Crippen LogP) is 1.93. The van der Waals surface area contributed by atoms with Gasteiger partial charge < -0.3 is 14.9 Å². The van der Waals surface area contributed by atoms with Crippen molar-refractivity contribution in [1.82, 2.24) is 10.5 Å². The van der Waals surface area contributed by atoms with Crippen molar-refractivity contribution in [3.05, 3.63) is 17.5 Å². The third kappa shape index (κ3) is 2.72. The van der Waals surface area contributed by atoms with Crippen LogP contribution in [-0.4, -0.2) is 39.3 Å². The number of nitrogens with one attached hydrogen (secondary N) is 1. The fraction of sp³-hybridized carbons (Fsp3) is 0.714. The number of hydrogen-bond donors (Lipinski definition) is 2. The van der Waals surface area contributed by atoms with E-state index >= 15 is 0 Å². The van der Waals surface area contributed by atoms with E-state index in [4.69, 9.17) is 4.52 Å². The molecule has 3 rings (SSSR count). The highest BCUT2D eigenvalue weighted by atomic mass is 32.2.